The summed E-state index contributed by atoms with van der Waals surface area (Å²) in [7, 11) is 0. The van der Waals surface area contributed by atoms with Crippen molar-refractivity contribution in [1.82, 2.24) is 0 Å². The van der Waals surface area contributed by atoms with E-state index in [-0.39, 0.29) is 0 Å². The van der Waals surface area contributed by atoms with E-state index >= 15 is 0 Å². The van der Waals surface area contributed by atoms with Gasteiger partial charge in [-0.2, -0.15) is 0 Å². The van der Waals surface area contributed by atoms with E-state index < -0.39 is 0 Å². The van der Waals surface area contributed by atoms with Crippen molar-refractivity contribution >= 4 is 0 Å². The smallest absolute Gasteiger partial charge is 0.00698 e. The van der Waals surface area contributed by atoms with Gasteiger partial charge in [0.05, 0.1) is 0 Å². The third kappa shape index (κ3) is 3.89. The van der Waals surface area contributed by atoms with Crippen LogP contribution in [0.3, 0.4) is 0 Å². The maximum Gasteiger partial charge on any atom is -0.00698 e. The third-order valence-corrected chi connectivity index (χ3v) is 3.13. The van der Waals surface area contributed by atoms with E-state index in [4.69, 9.17) is 0 Å². The average Bonchev–Trinajstić information content (AvgIpc) is 2.39. The Morgan fingerprint density at radius 2 is 1.56 bits per heavy atom. The summed E-state index contributed by atoms with van der Waals surface area (Å²) in [6.45, 7) is 4.33. The molecule has 0 radical (unpaired) electrons. The van der Waals surface area contributed by atoms with Gasteiger partial charge >= 0.3 is 0 Å². The van der Waals surface area contributed by atoms with Crippen LogP contribution in [0.25, 0.3) is 0 Å². The third-order valence-electron chi connectivity index (χ3n) is 3.13. The molecule has 0 heteroatoms. The summed E-state index contributed by atoms with van der Waals surface area (Å²) in [5.74, 6) is 0. The molecule has 0 aromatic heterocycles. The Labute approximate surface area is 110 Å². The summed E-state index contributed by atoms with van der Waals surface area (Å²) in [6, 6.07) is 19.4. The Morgan fingerprint density at radius 3 is 2.22 bits per heavy atom. The van der Waals surface area contributed by atoms with Crippen LogP contribution in [-0.4, -0.2) is 0 Å². The molecule has 0 fully saturated rings. The molecule has 0 bridgehead atoms. The van der Waals surface area contributed by atoms with Gasteiger partial charge in [0.25, 0.3) is 0 Å². The van der Waals surface area contributed by atoms with Crippen molar-refractivity contribution in [2.75, 3.05) is 0 Å². The number of aryl methyl sites for hydroxylation is 1. The topological polar surface area (TPSA) is 0 Å². The normalized spacial score (nSPS) is 11.6. The predicted octanol–water partition coefficient (Wildman–Crippen LogP) is 4.73. The zero-order valence-electron chi connectivity index (χ0n) is 11.2. The fourth-order valence-corrected chi connectivity index (χ4v) is 2.01. The van der Waals surface area contributed by atoms with Crippen molar-refractivity contribution in [2.45, 2.75) is 26.7 Å². The van der Waals surface area contributed by atoms with E-state index in [1.165, 1.54) is 22.3 Å². The Morgan fingerprint density at radius 1 is 0.889 bits per heavy atom. The monoisotopic (exact) mass is 236 g/mol. The van der Waals surface area contributed by atoms with Gasteiger partial charge < -0.3 is 0 Å². The van der Waals surface area contributed by atoms with E-state index in [1.807, 2.05) is 0 Å². The van der Waals surface area contributed by atoms with Crippen LogP contribution in [0.5, 0.6) is 0 Å². The van der Waals surface area contributed by atoms with Gasteiger partial charge in [0.1, 0.15) is 0 Å². The molecule has 2 aromatic carbocycles. The molecular formula is C18H20. The first kappa shape index (κ1) is 12.6. The van der Waals surface area contributed by atoms with Crippen LogP contribution in [-0.2, 0) is 12.8 Å². The van der Waals surface area contributed by atoms with Crippen LogP contribution in [0.1, 0.15) is 23.6 Å². The number of hydrogen-bond donors (Lipinski definition) is 0. The zero-order valence-corrected chi connectivity index (χ0v) is 11.2. The van der Waals surface area contributed by atoms with Gasteiger partial charge in [0.2, 0.25) is 0 Å². The number of benzene rings is 2. The minimum atomic E-state index is 1.03. The lowest BCUT2D eigenvalue weighted by Crippen LogP contribution is -1.88. The Balaban J connectivity index is 1.95. The first-order valence-electron chi connectivity index (χ1n) is 6.49. The minimum Gasteiger partial charge on any atom is -0.0809 e. The number of allylic oxidation sites excluding steroid dienone is 2. The first-order valence-corrected chi connectivity index (χ1v) is 6.49. The molecule has 0 N–H and O–H groups in total. The molecule has 2 aromatic rings. The highest BCUT2D eigenvalue weighted by Crippen LogP contribution is 2.10. The largest absolute Gasteiger partial charge is 0.0809 e. The predicted molar refractivity (Wildman–Crippen MR) is 78.8 cm³/mol. The fraction of sp³-hybridized carbons (Fsp3) is 0.222. The molecule has 0 unspecified atom stereocenters. The first-order chi connectivity index (χ1) is 8.74. The Kier molecular flexibility index (Phi) is 4.35. The van der Waals surface area contributed by atoms with Gasteiger partial charge in [-0.3, -0.25) is 0 Å². The molecule has 18 heavy (non-hydrogen) atoms. The lowest BCUT2D eigenvalue weighted by molar-refractivity contribution is 1.10. The number of rotatable bonds is 4. The van der Waals surface area contributed by atoms with Crippen molar-refractivity contribution in [1.29, 1.82) is 0 Å². The maximum atomic E-state index is 2.33. The highest BCUT2D eigenvalue weighted by molar-refractivity contribution is 5.25. The highest BCUT2D eigenvalue weighted by atomic mass is 14.0. The molecule has 0 heterocycles. The van der Waals surface area contributed by atoms with Crippen LogP contribution in [0, 0.1) is 6.92 Å². The molecule has 0 aliphatic carbocycles. The SMILES string of the molecule is CC(=CCc1ccc(C)cc1)Cc1ccccc1. The van der Waals surface area contributed by atoms with E-state index in [2.05, 4.69) is 74.5 Å². The second-order valence-corrected chi connectivity index (χ2v) is 4.90. The van der Waals surface area contributed by atoms with E-state index in [0.717, 1.165) is 12.8 Å². The van der Waals surface area contributed by atoms with E-state index in [0.29, 0.717) is 0 Å². The van der Waals surface area contributed by atoms with Gasteiger partial charge in [-0.05, 0) is 37.8 Å². The molecular weight excluding hydrogens is 216 g/mol. The summed E-state index contributed by atoms with van der Waals surface area (Å²) < 4.78 is 0. The van der Waals surface area contributed by atoms with Gasteiger partial charge in [-0.25, -0.2) is 0 Å². The summed E-state index contributed by atoms with van der Waals surface area (Å²) in [5, 5.41) is 0. The van der Waals surface area contributed by atoms with Gasteiger partial charge in [0, 0.05) is 0 Å². The second kappa shape index (κ2) is 6.20. The standard InChI is InChI=1S/C18H20/c1-15-8-11-17(12-9-15)13-10-16(2)14-18-6-4-3-5-7-18/h3-12H,13-14H2,1-2H3. The van der Waals surface area contributed by atoms with Crippen LogP contribution in [0.4, 0.5) is 0 Å². The summed E-state index contributed by atoms with van der Waals surface area (Å²) in [5.41, 5.74) is 5.52. The zero-order chi connectivity index (χ0) is 12.8. The average molecular weight is 236 g/mol. The maximum absolute atomic E-state index is 2.33. The Hall–Kier alpha value is -1.82. The van der Waals surface area contributed by atoms with Crippen LogP contribution in [0.15, 0.2) is 66.2 Å². The lowest BCUT2D eigenvalue weighted by atomic mass is 10.0. The minimum absolute atomic E-state index is 1.03. The molecule has 0 spiro atoms. The highest BCUT2D eigenvalue weighted by Gasteiger charge is 1.95. The van der Waals surface area contributed by atoms with E-state index in [9.17, 15) is 0 Å². The second-order valence-electron chi connectivity index (χ2n) is 4.90. The van der Waals surface area contributed by atoms with Crippen molar-refractivity contribution in [2.24, 2.45) is 0 Å². The van der Waals surface area contributed by atoms with Crippen molar-refractivity contribution in [3.8, 4) is 0 Å². The molecule has 0 aliphatic heterocycles. The van der Waals surface area contributed by atoms with E-state index in [1.54, 1.807) is 0 Å². The molecule has 0 saturated carbocycles. The van der Waals surface area contributed by atoms with Crippen molar-refractivity contribution in [3.63, 3.8) is 0 Å². The van der Waals surface area contributed by atoms with Crippen molar-refractivity contribution in [3.05, 3.63) is 82.9 Å². The number of hydrogen-bond acceptors (Lipinski definition) is 0. The molecule has 2 rings (SSSR count). The Bertz CT molecular complexity index is 503. The lowest BCUT2D eigenvalue weighted by Gasteiger charge is -2.03. The molecule has 0 atom stereocenters. The van der Waals surface area contributed by atoms with Crippen LogP contribution < -0.4 is 0 Å². The van der Waals surface area contributed by atoms with Gasteiger partial charge in [-0.15, -0.1) is 0 Å². The van der Waals surface area contributed by atoms with Gasteiger partial charge in [0.15, 0.2) is 0 Å². The van der Waals surface area contributed by atoms with Gasteiger partial charge in [-0.1, -0.05) is 71.8 Å². The fourth-order valence-electron chi connectivity index (χ4n) is 2.01. The quantitative estimate of drug-likeness (QED) is 0.673. The molecule has 0 amide bonds. The molecule has 0 nitrogen and oxygen atoms in total. The summed E-state index contributed by atoms with van der Waals surface area (Å²) in [6.07, 6.45) is 4.41. The molecule has 92 valence electrons. The van der Waals surface area contributed by atoms with Crippen molar-refractivity contribution < 1.29 is 0 Å². The van der Waals surface area contributed by atoms with Crippen LogP contribution >= 0.6 is 0 Å². The summed E-state index contributed by atoms with van der Waals surface area (Å²) >= 11 is 0. The molecule has 0 aliphatic rings. The molecule has 0 saturated heterocycles. The summed E-state index contributed by atoms with van der Waals surface area (Å²) in [4.78, 5) is 0. The van der Waals surface area contributed by atoms with Crippen LogP contribution in [0.2, 0.25) is 0 Å².